The third kappa shape index (κ3) is 5.43. The van der Waals surface area contributed by atoms with Gasteiger partial charge < -0.3 is 29.4 Å². The van der Waals surface area contributed by atoms with Gasteiger partial charge in [-0.1, -0.05) is 32.0 Å². The first kappa shape index (κ1) is 26.1. The summed E-state index contributed by atoms with van der Waals surface area (Å²) in [5.74, 6) is -0.427. The highest BCUT2D eigenvalue weighted by Crippen LogP contribution is 2.49. The molecule has 8 heteroatoms. The predicted octanol–water partition coefficient (Wildman–Crippen LogP) is 4.64. The molecule has 0 bridgehead atoms. The number of carbonyl (C=O) groups excluding carboxylic acids is 2. The Balaban J connectivity index is 1.69. The number of ether oxygens (including phenoxy) is 4. The van der Waals surface area contributed by atoms with Gasteiger partial charge in [0.15, 0.2) is 17.3 Å². The minimum Gasteiger partial charge on any atom is -0.502 e. The summed E-state index contributed by atoms with van der Waals surface area (Å²) in [6, 6.07) is 12.5. The molecule has 2 N–H and O–H groups in total. The van der Waals surface area contributed by atoms with Crippen LogP contribution in [0.15, 0.2) is 65.0 Å². The van der Waals surface area contributed by atoms with Crippen molar-refractivity contribution in [1.29, 1.82) is 0 Å². The summed E-state index contributed by atoms with van der Waals surface area (Å²) >= 11 is 0. The van der Waals surface area contributed by atoms with Gasteiger partial charge in [-0.05, 0) is 48.6 Å². The van der Waals surface area contributed by atoms with Crippen molar-refractivity contribution < 1.29 is 33.6 Å². The molecule has 0 spiro atoms. The molecule has 196 valence electrons. The zero-order valence-electron chi connectivity index (χ0n) is 21.8. The van der Waals surface area contributed by atoms with Gasteiger partial charge in [0.25, 0.3) is 0 Å². The number of phenolic OH excluding ortho intramolecular Hbond substituents is 1. The number of Topliss-reactive ketones (excluding diaryl/α,β-unsaturated/α-hetero) is 1. The fraction of sp³-hybridized carbons (Fsp3) is 0.379. The van der Waals surface area contributed by atoms with E-state index in [-0.39, 0.29) is 41.7 Å². The lowest BCUT2D eigenvalue weighted by molar-refractivity contribution is -0.140. The minimum atomic E-state index is -0.717. The van der Waals surface area contributed by atoms with E-state index in [1.54, 1.807) is 19.1 Å². The van der Waals surface area contributed by atoms with E-state index in [4.69, 9.17) is 18.9 Å². The van der Waals surface area contributed by atoms with Gasteiger partial charge in [0, 0.05) is 29.3 Å². The van der Waals surface area contributed by atoms with Gasteiger partial charge in [-0.2, -0.15) is 0 Å². The Morgan fingerprint density at radius 3 is 2.32 bits per heavy atom. The molecule has 0 amide bonds. The summed E-state index contributed by atoms with van der Waals surface area (Å²) in [5.41, 5.74) is 2.60. The predicted molar refractivity (Wildman–Crippen MR) is 138 cm³/mol. The van der Waals surface area contributed by atoms with Crippen molar-refractivity contribution >= 4 is 11.8 Å². The topological polar surface area (TPSA) is 103 Å². The van der Waals surface area contributed by atoms with Gasteiger partial charge in [-0.15, -0.1) is 0 Å². The van der Waals surface area contributed by atoms with E-state index in [2.05, 4.69) is 5.32 Å². The third-order valence-corrected chi connectivity index (χ3v) is 6.62. The molecular formula is C29H33NO7. The van der Waals surface area contributed by atoms with Gasteiger partial charge in [0.05, 0.1) is 19.8 Å². The number of aromatic hydroxyl groups is 1. The number of benzene rings is 2. The third-order valence-electron chi connectivity index (χ3n) is 6.62. The lowest BCUT2D eigenvalue weighted by atomic mass is 9.68. The fourth-order valence-electron chi connectivity index (χ4n) is 5.01. The van der Waals surface area contributed by atoms with Crippen LogP contribution in [0.25, 0.3) is 0 Å². The Bertz CT molecular complexity index is 1240. The summed E-state index contributed by atoms with van der Waals surface area (Å²) in [7, 11) is 2.87. The molecule has 1 aliphatic heterocycles. The maximum Gasteiger partial charge on any atom is 0.336 e. The molecule has 8 nitrogen and oxygen atoms in total. The van der Waals surface area contributed by atoms with Crippen molar-refractivity contribution in [2.75, 3.05) is 27.4 Å². The second kappa shape index (κ2) is 10.6. The minimum absolute atomic E-state index is 0.0341. The Kier molecular flexibility index (Phi) is 7.47. The number of rotatable bonds is 8. The molecule has 1 heterocycles. The van der Waals surface area contributed by atoms with E-state index < -0.39 is 11.9 Å². The first-order valence-corrected chi connectivity index (χ1v) is 12.2. The van der Waals surface area contributed by atoms with Crippen LogP contribution in [-0.2, 0) is 14.3 Å². The van der Waals surface area contributed by atoms with Gasteiger partial charge >= 0.3 is 5.97 Å². The Morgan fingerprint density at radius 1 is 1.05 bits per heavy atom. The Hall–Kier alpha value is -3.94. The highest BCUT2D eigenvalue weighted by Gasteiger charge is 2.43. The molecule has 2 aliphatic rings. The number of hydrogen-bond acceptors (Lipinski definition) is 8. The number of carbonyl (C=O) groups is 2. The summed E-state index contributed by atoms with van der Waals surface area (Å²) in [5, 5.41) is 13.8. The van der Waals surface area contributed by atoms with E-state index >= 15 is 0 Å². The average molecular weight is 508 g/mol. The van der Waals surface area contributed by atoms with Gasteiger partial charge in [-0.25, -0.2) is 4.79 Å². The van der Waals surface area contributed by atoms with Crippen LogP contribution in [0.1, 0.15) is 45.1 Å². The molecule has 0 fully saturated rings. The van der Waals surface area contributed by atoms with Gasteiger partial charge in [0.2, 0.25) is 5.75 Å². The van der Waals surface area contributed by atoms with E-state index in [9.17, 15) is 14.7 Å². The number of hydrogen-bond donors (Lipinski definition) is 2. The molecule has 1 atom stereocenters. The molecule has 0 aromatic heterocycles. The number of methoxy groups -OCH3 is 2. The highest BCUT2D eigenvalue weighted by atomic mass is 16.6. The number of para-hydroxylation sites is 1. The van der Waals surface area contributed by atoms with Crippen molar-refractivity contribution in [3.05, 3.63) is 70.6 Å². The number of nitrogens with one attached hydrogen (secondary N) is 1. The Labute approximate surface area is 216 Å². The maximum atomic E-state index is 13.5. The highest BCUT2D eigenvalue weighted by molar-refractivity contribution is 6.04. The van der Waals surface area contributed by atoms with Crippen molar-refractivity contribution in [2.24, 2.45) is 5.41 Å². The molecule has 0 saturated carbocycles. The molecule has 37 heavy (non-hydrogen) atoms. The number of allylic oxidation sites excluding steroid dienone is 3. The second-order valence-corrected chi connectivity index (χ2v) is 10.0. The fourth-order valence-corrected chi connectivity index (χ4v) is 5.01. The molecule has 0 radical (unpaired) electrons. The van der Waals surface area contributed by atoms with E-state index in [1.165, 1.54) is 14.2 Å². The number of ketones is 1. The zero-order chi connectivity index (χ0) is 26.7. The normalized spacial score (nSPS) is 18.6. The maximum absolute atomic E-state index is 13.5. The standard InChI is InChI=1S/C29H33NO7/c1-17-24(28(33)37-12-11-36-19-9-7-6-8-10-19)25(18-13-22(34-4)27(32)23(14-18)35-5)26-20(30-17)15-29(2,3)16-21(26)31/h6-10,13-14,25,30,32H,11-12,15-16H2,1-5H3/t25-/m1/s1. The monoisotopic (exact) mass is 507 g/mol. The summed E-state index contributed by atoms with van der Waals surface area (Å²) in [4.78, 5) is 27.0. The van der Waals surface area contributed by atoms with E-state index in [0.29, 0.717) is 41.0 Å². The number of esters is 1. The molecule has 0 unspecified atom stereocenters. The largest absolute Gasteiger partial charge is 0.502 e. The van der Waals surface area contributed by atoms with Crippen LogP contribution in [0.2, 0.25) is 0 Å². The van der Waals surface area contributed by atoms with Crippen LogP contribution in [0.5, 0.6) is 23.0 Å². The van der Waals surface area contributed by atoms with Crippen LogP contribution >= 0.6 is 0 Å². The average Bonchev–Trinajstić information content (AvgIpc) is 2.85. The molecule has 0 saturated heterocycles. The van der Waals surface area contributed by atoms with Crippen molar-refractivity contribution in [1.82, 2.24) is 5.32 Å². The lowest BCUT2D eigenvalue weighted by Crippen LogP contribution is -2.38. The first-order valence-electron chi connectivity index (χ1n) is 12.2. The van der Waals surface area contributed by atoms with Crippen LogP contribution < -0.4 is 19.5 Å². The molecule has 2 aromatic carbocycles. The molecule has 1 aliphatic carbocycles. The SMILES string of the molecule is COc1cc([C@@H]2C(C(=O)OCCOc3ccccc3)=C(C)NC3=C2C(=O)CC(C)(C)C3)cc(OC)c1O. The van der Waals surface area contributed by atoms with E-state index in [0.717, 1.165) is 5.70 Å². The van der Waals surface area contributed by atoms with Crippen LogP contribution in [0.4, 0.5) is 0 Å². The first-order chi connectivity index (χ1) is 17.6. The van der Waals surface area contributed by atoms with Crippen LogP contribution in [-0.4, -0.2) is 44.3 Å². The lowest BCUT2D eigenvalue weighted by Gasteiger charge is -2.39. The molecular weight excluding hydrogens is 474 g/mol. The van der Waals surface area contributed by atoms with Crippen molar-refractivity contribution in [3.8, 4) is 23.0 Å². The van der Waals surface area contributed by atoms with E-state index in [1.807, 2.05) is 44.2 Å². The molecule has 2 aromatic rings. The van der Waals surface area contributed by atoms with Crippen molar-refractivity contribution in [2.45, 2.75) is 39.5 Å². The quantitative estimate of drug-likeness (QED) is 0.394. The summed E-state index contributed by atoms with van der Waals surface area (Å²) in [6.07, 6.45) is 1.00. The van der Waals surface area contributed by atoms with Crippen LogP contribution in [0, 0.1) is 5.41 Å². The second-order valence-electron chi connectivity index (χ2n) is 10.0. The smallest absolute Gasteiger partial charge is 0.336 e. The van der Waals surface area contributed by atoms with Crippen molar-refractivity contribution in [3.63, 3.8) is 0 Å². The zero-order valence-corrected chi connectivity index (χ0v) is 21.8. The number of dihydropyridines is 1. The van der Waals surface area contributed by atoms with Gasteiger partial charge in [0.1, 0.15) is 19.0 Å². The number of phenols is 1. The Morgan fingerprint density at radius 2 is 1.70 bits per heavy atom. The summed E-state index contributed by atoms with van der Waals surface area (Å²) < 4.78 is 22.0. The van der Waals surface area contributed by atoms with Gasteiger partial charge in [-0.3, -0.25) is 4.79 Å². The molecule has 4 rings (SSSR count). The summed E-state index contributed by atoms with van der Waals surface area (Å²) in [6.45, 7) is 6.12. The van der Waals surface area contributed by atoms with Crippen LogP contribution in [0.3, 0.4) is 0 Å².